The number of hydrogen-bond acceptors (Lipinski definition) is 6. The SMILES string of the molecule is COCC(C)(C(=O)N[C@H](C)CO)c1ccc2[nH]c([C@@H](NC(=O)c3ccnn3C)[C@H](c3ccccc3Cl)C3(C)CC3)nc2c1. The Morgan fingerprint density at radius 2 is 1.95 bits per heavy atom. The van der Waals surface area contributed by atoms with E-state index in [1.165, 1.54) is 0 Å². The van der Waals surface area contributed by atoms with E-state index in [1.807, 2.05) is 49.4 Å². The summed E-state index contributed by atoms with van der Waals surface area (Å²) in [5, 5.41) is 20.4. The number of fused-ring (bicyclic) bond motifs is 1. The van der Waals surface area contributed by atoms with Crippen molar-refractivity contribution in [1.29, 1.82) is 0 Å². The molecule has 0 spiro atoms. The Bertz CT molecular complexity index is 1630. The molecule has 10 nitrogen and oxygen atoms in total. The van der Waals surface area contributed by atoms with Gasteiger partial charge in [-0.15, -0.1) is 0 Å². The van der Waals surface area contributed by atoms with Gasteiger partial charge in [-0.05, 0) is 67.5 Å². The molecule has 1 fully saturated rings. The highest BCUT2D eigenvalue weighted by Gasteiger charge is 2.51. The molecule has 1 aliphatic rings. The number of benzene rings is 2. The number of aryl methyl sites for hydroxylation is 1. The van der Waals surface area contributed by atoms with Gasteiger partial charge >= 0.3 is 0 Å². The third-order valence-corrected chi connectivity index (χ3v) is 9.07. The molecule has 11 heteroatoms. The molecule has 4 aromatic rings. The lowest BCUT2D eigenvalue weighted by Crippen LogP contribution is -2.49. The molecule has 1 saturated carbocycles. The fourth-order valence-electron chi connectivity index (χ4n) is 5.83. The number of methoxy groups -OCH3 is 1. The number of carbonyl (C=O) groups is 2. The Morgan fingerprint density at radius 3 is 2.58 bits per heavy atom. The number of aromatic amines is 1. The number of aromatic nitrogens is 4. The predicted octanol–water partition coefficient (Wildman–Crippen LogP) is 4.41. The van der Waals surface area contributed by atoms with Crippen molar-refractivity contribution in [2.75, 3.05) is 20.3 Å². The van der Waals surface area contributed by atoms with Crippen molar-refractivity contribution in [1.82, 2.24) is 30.4 Å². The first-order valence-electron chi connectivity index (χ1n) is 14.4. The van der Waals surface area contributed by atoms with Crippen LogP contribution in [0.15, 0.2) is 54.7 Å². The first kappa shape index (κ1) is 30.7. The molecular weight excluding hydrogens is 568 g/mol. The third-order valence-electron chi connectivity index (χ3n) is 8.72. The summed E-state index contributed by atoms with van der Waals surface area (Å²) in [6, 6.07) is 14.1. The summed E-state index contributed by atoms with van der Waals surface area (Å²) in [5.74, 6) is -0.0991. The van der Waals surface area contributed by atoms with Gasteiger partial charge in [0.2, 0.25) is 5.91 Å². The Hall–Kier alpha value is -3.73. The monoisotopic (exact) mass is 606 g/mol. The maximum Gasteiger partial charge on any atom is 0.270 e. The van der Waals surface area contributed by atoms with E-state index in [1.54, 1.807) is 38.0 Å². The number of aliphatic hydroxyl groups excluding tert-OH is 1. The first-order valence-corrected chi connectivity index (χ1v) is 14.8. The molecule has 1 aliphatic carbocycles. The Kier molecular flexibility index (Phi) is 8.65. The molecule has 2 amide bonds. The van der Waals surface area contributed by atoms with Crippen LogP contribution in [0.4, 0.5) is 0 Å². The molecule has 4 N–H and O–H groups in total. The van der Waals surface area contributed by atoms with Gasteiger partial charge in [0.05, 0.1) is 35.7 Å². The van der Waals surface area contributed by atoms with Crippen LogP contribution in [-0.2, 0) is 22.0 Å². The number of aliphatic hydroxyl groups is 1. The minimum Gasteiger partial charge on any atom is -0.394 e. The van der Waals surface area contributed by atoms with Crippen LogP contribution in [0.2, 0.25) is 5.02 Å². The second-order valence-electron chi connectivity index (χ2n) is 12.1. The van der Waals surface area contributed by atoms with Gasteiger partial charge in [0.1, 0.15) is 11.5 Å². The number of rotatable bonds is 12. The molecule has 2 aromatic heterocycles. The van der Waals surface area contributed by atoms with Crippen LogP contribution in [0.25, 0.3) is 11.0 Å². The molecule has 43 heavy (non-hydrogen) atoms. The Balaban J connectivity index is 1.60. The van der Waals surface area contributed by atoms with Crippen LogP contribution in [0.1, 0.15) is 73.0 Å². The molecule has 2 heterocycles. The van der Waals surface area contributed by atoms with E-state index in [2.05, 4.69) is 27.6 Å². The van der Waals surface area contributed by atoms with Gasteiger partial charge in [-0.1, -0.05) is 42.8 Å². The van der Waals surface area contributed by atoms with Gasteiger partial charge in [-0.2, -0.15) is 5.10 Å². The van der Waals surface area contributed by atoms with Crippen molar-refractivity contribution in [2.24, 2.45) is 12.5 Å². The lowest BCUT2D eigenvalue weighted by atomic mass is 9.78. The van der Waals surface area contributed by atoms with Crippen LogP contribution in [0.5, 0.6) is 0 Å². The largest absolute Gasteiger partial charge is 0.394 e. The minimum absolute atomic E-state index is 0.0991. The van der Waals surface area contributed by atoms with Gasteiger partial charge < -0.3 is 25.5 Å². The van der Waals surface area contributed by atoms with Crippen LogP contribution in [0, 0.1) is 5.41 Å². The second-order valence-corrected chi connectivity index (χ2v) is 12.5. The Labute approximate surface area is 256 Å². The number of imidazole rings is 1. The first-order chi connectivity index (χ1) is 20.5. The van der Waals surface area contributed by atoms with Gasteiger partial charge in [-0.25, -0.2) is 4.98 Å². The highest BCUT2D eigenvalue weighted by molar-refractivity contribution is 6.31. The molecule has 0 aliphatic heterocycles. The zero-order valence-corrected chi connectivity index (χ0v) is 25.9. The molecule has 2 aromatic carbocycles. The van der Waals surface area contributed by atoms with E-state index in [9.17, 15) is 14.7 Å². The molecule has 5 rings (SSSR count). The van der Waals surface area contributed by atoms with Crippen molar-refractivity contribution in [3.05, 3.63) is 82.4 Å². The third kappa shape index (κ3) is 6.04. The maximum absolute atomic E-state index is 13.6. The molecule has 1 unspecified atom stereocenters. The molecule has 228 valence electrons. The fourth-order valence-corrected chi connectivity index (χ4v) is 6.08. The van der Waals surface area contributed by atoms with Crippen LogP contribution in [0.3, 0.4) is 0 Å². The van der Waals surface area contributed by atoms with Crippen molar-refractivity contribution >= 4 is 34.4 Å². The summed E-state index contributed by atoms with van der Waals surface area (Å²) in [7, 11) is 3.28. The summed E-state index contributed by atoms with van der Waals surface area (Å²) >= 11 is 6.78. The van der Waals surface area contributed by atoms with Crippen molar-refractivity contribution in [3.63, 3.8) is 0 Å². The number of nitrogens with one attached hydrogen (secondary N) is 3. The highest BCUT2D eigenvalue weighted by atomic mass is 35.5. The maximum atomic E-state index is 13.6. The standard InChI is InChI=1S/C32H39ClN6O4/c1-19(17-40)35-30(42)32(3,18-43-5)20-10-11-23-24(16-20)37-28(36-23)27(38-29(41)25-12-15-34-39(25)4)26(31(2)13-14-31)21-8-6-7-9-22(21)33/h6-12,15-16,19,26-27,40H,13-14,17-18H2,1-5H3,(H,35,42)(H,36,37)(H,38,41)/t19-,26+,27+,32?/m1/s1. The van der Waals surface area contributed by atoms with Gasteiger partial charge in [0.25, 0.3) is 5.91 Å². The van der Waals surface area contributed by atoms with Crippen molar-refractivity contribution in [3.8, 4) is 0 Å². The number of ether oxygens (including phenoxy) is 1. The lowest BCUT2D eigenvalue weighted by molar-refractivity contribution is -0.129. The number of amides is 2. The van der Waals surface area contributed by atoms with Gasteiger partial charge in [0.15, 0.2) is 0 Å². The number of halogens is 1. The van der Waals surface area contributed by atoms with Crippen LogP contribution in [-0.4, -0.2) is 63.0 Å². The van der Waals surface area contributed by atoms with Gasteiger partial charge in [0, 0.05) is 37.3 Å². The number of H-pyrrole nitrogens is 1. The number of hydrogen-bond donors (Lipinski definition) is 4. The molecule has 0 radical (unpaired) electrons. The predicted molar refractivity (Wildman–Crippen MR) is 165 cm³/mol. The van der Waals surface area contributed by atoms with Crippen molar-refractivity contribution in [2.45, 2.75) is 57.0 Å². The van der Waals surface area contributed by atoms with E-state index < -0.39 is 17.5 Å². The summed E-state index contributed by atoms with van der Waals surface area (Å²) in [6.07, 6.45) is 3.57. The van der Waals surface area contributed by atoms with E-state index in [4.69, 9.17) is 21.3 Å². The molecular formula is C32H39ClN6O4. The lowest BCUT2D eigenvalue weighted by Gasteiger charge is -2.32. The average molecular weight is 607 g/mol. The smallest absolute Gasteiger partial charge is 0.270 e. The Morgan fingerprint density at radius 1 is 1.21 bits per heavy atom. The summed E-state index contributed by atoms with van der Waals surface area (Å²) in [5.41, 5.74) is 2.38. The zero-order chi connectivity index (χ0) is 30.9. The quantitative estimate of drug-likeness (QED) is 0.189. The van der Waals surface area contributed by atoms with E-state index in [0.717, 1.165) is 29.5 Å². The molecule has 0 bridgehead atoms. The highest BCUT2D eigenvalue weighted by Crippen LogP contribution is 2.60. The van der Waals surface area contributed by atoms with Crippen LogP contribution >= 0.6 is 11.6 Å². The summed E-state index contributed by atoms with van der Waals surface area (Å²) < 4.78 is 7.00. The normalized spacial score (nSPS) is 17.6. The zero-order valence-electron chi connectivity index (χ0n) is 25.1. The van der Waals surface area contributed by atoms with E-state index in [-0.39, 0.29) is 36.4 Å². The minimum atomic E-state index is -1.03. The number of carbonyl (C=O) groups excluding carboxylic acids is 2. The topological polar surface area (TPSA) is 134 Å². The second kappa shape index (κ2) is 12.1. The van der Waals surface area contributed by atoms with Crippen LogP contribution < -0.4 is 10.6 Å². The molecule has 4 atom stereocenters. The fraction of sp³-hybridized carbons (Fsp3) is 0.438. The number of nitrogens with zero attached hydrogens (tertiary/aromatic N) is 3. The average Bonchev–Trinajstić information content (AvgIpc) is 3.36. The van der Waals surface area contributed by atoms with E-state index >= 15 is 0 Å². The molecule has 0 saturated heterocycles. The van der Waals surface area contributed by atoms with Crippen molar-refractivity contribution < 1.29 is 19.4 Å². The summed E-state index contributed by atoms with van der Waals surface area (Å²) in [4.78, 5) is 35.4. The van der Waals surface area contributed by atoms with Gasteiger partial charge in [-0.3, -0.25) is 14.3 Å². The summed E-state index contributed by atoms with van der Waals surface area (Å²) in [6.45, 7) is 5.73. The van der Waals surface area contributed by atoms with E-state index in [0.29, 0.717) is 22.1 Å².